The Morgan fingerprint density at radius 3 is 2.29 bits per heavy atom. The SMILES string of the molecule is FSC1CNNC1. The fraction of sp³-hybridized carbons (Fsp3) is 1.00. The molecular formula is C3H7FN2S. The zero-order chi connectivity index (χ0) is 5.11. The fourth-order valence-electron chi connectivity index (χ4n) is 0.507. The van der Waals surface area contributed by atoms with E-state index in [1.165, 1.54) is 0 Å². The lowest BCUT2D eigenvalue weighted by molar-refractivity contribution is 0.689. The van der Waals surface area contributed by atoms with Crippen molar-refractivity contribution in [2.75, 3.05) is 13.1 Å². The van der Waals surface area contributed by atoms with Crippen molar-refractivity contribution in [3.05, 3.63) is 0 Å². The largest absolute Gasteiger partial charge is 0.257 e. The molecule has 0 amide bonds. The van der Waals surface area contributed by atoms with Gasteiger partial charge in [-0.1, -0.05) is 0 Å². The summed E-state index contributed by atoms with van der Waals surface area (Å²) in [7, 11) is 0. The highest BCUT2D eigenvalue weighted by Gasteiger charge is 2.13. The standard InChI is InChI=1S/C3H7FN2S/c4-7-3-1-5-6-2-3/h3,5-6H,1-2H2. The van der Waals surface area contributed by atoms with Gasteiger partial charge in [0.2, 0.25) is 0 Å². The first-order chi connectivity index (χ1) is 3.43. The molecule has 42 valence electrons. The van der Waals surface area contributed by atoms with E-state index in [9.17, 15) is 3.89 Å². The number of hydrogen-bond acceptors (Lipinski definition) is 3. The first-order valence-corrected chi connectivity index (χ1v) is 2.94. The summed E-state index contributed by atoms with van der Waals surface area (Å²) in [6, 6.07) is 0. The summed E-state index contributed by atoms with van der Waals surface area (Å²) < 4.78 is 11.5. The van der Waals surface area contributed by atoms with E-state index in [0.29, 0.717) is 12.1 Å². The van der Waals surface area contributed by atoms with Gasteiger partial charge in [-0.25, -0.2) is 0 Å². The van der Waals surface area contributed by atoms with Gasteiger partial charge in [-0.05, 0) is 0 Å². The Kier molecular flexibility index (Phi) is 1.90. The minimum Gasteiger partial charge on any atom is -0.257 e. The van der Waals surface area contributed by atoms with Crippen LogP contribution in [-0.4, -0.2) is 18.3 Å². The predicted octanol–water partition coefficient (Wildman–Crippen LogP) is 0.0805. The molecule has 2 nitrogen and oxygen atoms in total. The lowest BCUT2D eigenvalue weighted by Gasteiger charge is -1.92. The maximum absolute atomic E-state index is 11.5. The van der Waals surface area contributed by atoms with Crippen LogP contribution < -0.4 is 10.9 Å². The Balaban J connectivity index is 2.14. The van der Waals surface area contributed by atoms with E-state index in [0.717, 1.165) is 13.1 Å². The zero-order valence-electron chi connectivity index (χ0n) is 3.78. The van der Waals surface area contributed by atoms with Crippen LogP contribution in [0.25, 0.3) is 0 Å². The normalized spacial score (nSPS) is 23.6. The van der Waals surface area contributed by atoms with E-state index < -0.39 is 0 Å². The second kappa shape index (κ2) is 2.49. The zero-order valence-corrected chi connectivity index (χ0v) is 4.59. The first kappa shape index (κ1) is 5.34. The summed E-state index contributed by atoms with van der Waals surface area (Å²) in [4.78, 5) is 0. The third-order valence-corrected chi connectivity index (χ3v) is 1.50. The van der Waals surface area contributed by atoms with E-state index in [4.69, 9.17) is 0 Å². The van der Waals surface area contributed by atoms with E-state index in [2.05, 4.69) is 10.9 Å². The quantitative estimate of drug-likeness (QED) is 0.515. The molecule has 0 atom stereocenters. The molecule has 1 saturated heterocycles. The average molecular weight is 122 g/mol. The van der Waals surface area contributed by atoms with Gasteiger partial charge in [0.15, 0.2) is 0 Å². The van der Waals surface area contributed by atoms with Crippen LogP contribution in [0.1, 0.15) is 0 Å². The van der Waals surface area contributed by atoms with Gasteiger partial charge in [-0.2, -0.15) is 3.89 Å². The van der Waals surface area contributed by atoms with Crippen molar-refractivity contribution in [2.24, 2.45) is 0 Å². The third-order valence-electron chi connectivity index (χ3n) is 0.910. The smallest absolute Gasteiger partial charge is 0.0640 e. The summed E-state index contributed by atoms with van der Waals surface area (Å²) in [6.07, 6.45) is 0. The fourth-order valence-corrected chi connectivity index (χ4v) is 0.800. The molecule has 0 aromatic heterocycles. The number of hydrogen-bond donors (Lipinski definition) is 2. The second-order valence-corrected chi connectivity index (χ2v) is 2.32. The molecular weight excluding hydrogens is 115 g/mol. The van der Waals surface area contributed by atoms with Crippen molar-refractivity contribution in [2.45, 2.75) is 5.25 Å². The highest BCUT2D eigenvalue weighted by Crippen LogP contribution is 2.10. The van der Waals surface area contributed by atoms with Crippen LogP contribution in [0, 0.1) is 0 Å². The summed E-state index contributed by atoms with van der Waals surface area (Å²) in [5.41, 5.74) is 5.62. The van der Waals surface area contributed by atoms with E-state index in [1.54, 1.807) is 0 Å². The summed E-state index contributed by atoms with van der Waals surface area (Å²) >= 11 is 0.407. The van der Waals surface area contributed by atoms with Crippen molar-refractivity contribution < 1.29 is 3.89 Å². The first-order valence-electron chi connectivity index (χ1n) is 2.16. The Labute approximate surface area is 46.1 Å². The molecule has 1 heterocycles. The molecule has 1 rings (SSSR count). The van der Waals surface area contributed by atoms with Crippen molar-refractivity contribution >= 4 is 12.1 Å². The Hall–Kier alpha value is 0.200. The Morgan fingerprint density at radius 2 is 2.00 bits per heavy atom. The van der Waals surface area contributed by atoms with Crippen LogP contribution in [-0.2, 0) is 0 Å². The molecule has 1 aliphatic rings. The highest BCUT2D eigenvalue weighted by atomic mass is 32.2. The molecule has 0 bridgehead atoms. The van der Waals surface area contributed by atoms with Crippen LogP contribution in [0.5, 0.6) is 0 Å². The second-order valence-electron chi connectivity index (χ2n) is 1.47. The van der Waals surface area contributed by atoms with Crippen LogP contribution in [0.3, 0.4) is 0 Å². The van der Waals surface area contributed by atoms with Gasteiger partial charge in [-0.3, -0.25) is 10.9 Å². The van der Waals surface area contributed by atoms with Gasteiger partial charge >= 0.3 is 0 Å². The van der Waals surface area contributed by atoms with E-state index in [-0.39, 0.29) is 5.25 Å². The van der Waals surface area contributed by atoms with Gasteiger partial charge in [0.25, 0.3) is 0 Å². The number of rotatable bonds is 1. The van der Waals surface area contributed by atoms with Gasteiger partial charge in [0.1, 0.15) is 0 Å². The van der Waals surface area contributed by atoms with E-state index in [1.807, 2.05) is 0 Å². The number of nitrogens with one attached hydrogen (secondary N) is 2. The minimum absolute atomic E-state index is 0.125. The highest BCUT2D eigenvalue weighted by molar-refractivity contribution is 7.95. The molecule has 0 radical (unpaired) electrons. The Morgan fingerprint density at radius 1 is 1.43 bits per heavy atom. The molecule has 0 saturated carbocycles. The molecule has 0 aliphatic carbocycles. The van der Waals surface area contributed by atoms with Crippen LogP contribution >= 0.6 is 12.1 Å². The van der Waals surface area contributed by atoms with Gasteiger partial charge < -0.3 is 0 Å². The lowest BCUT2D eigenvalue weighted by atomic mass is 10.5. The molecule has 0 unspecified atom stereocenters. The third kappa shape index (κ3) is 1.29. The molecule has 1 aliphatic heterocycles. The van der Waals surface area contributed by atoms with Crippen LogP contribution in [0.4, 0.5) is 3.89 Å². The molecule has 0 aromatic rings. The molecule has 0 aromatic carbocycles. The van der Waals surface area contributed by atoms with Gasteiger partial charge in [-0.15, -0.1) is 0 Å². The maximum atomic E-state index is 11.5. The van der Waals surface area contributed by atoms with Crippen molar-refractivity contribution in [1.29, 1.82) is 0 Å². The van der Waals surface area contributed by atoms with Crippen LogP contribution in [0.15, 0.2) is 0 Å². The summed E-state index contributed by atoms with van der Waals surface area (Å²) in [6.45, 7) is 1.47. The lowest BCUT2D eigenvalue weighted by Crippen LogP contribution is -2.21. The molecule has 1 fully saturated rings. The predicted molar refractivity (Wildman–Crippen MR) is 28.5 cm³/mol. The maximum Gasteiger partial charge on any atom is 0.0640 e. The monoisotopic (exact) mass is 122 g/mol. The number of hydrazine groups is 1. The van der Waals surface area contributed by atoms with Crippen molar-refractivity contribution in [1.82, 2.24) is 10.9 Å². The van der Waals surface area contributed by atoms with Crippen molar-refractivity contribution in [3.63, 3.8) is 0 Å². The van der Waals surface area contributed by atoms with Crippen molar-refractivity contribution in [3.8, 4) is 0 Å². The summed E-state index contributed by atoms with van der Waals surface area (Å²) in [5.74, 6) is 0. The average Bonchev–Trinajstić information content (AvgIpc) is 2.14. The van der Waals surface area contributed by atoms with E-state index >= 15 is 0 Å². The molecule has 4 heteroatoms. The van der Waals surface area contributed by atoms with Crippen LogP contribution in [0.2, 0.25) is 0 Å². The molecule has 0 spiro atoms. The summed E-state index contributed by atoms with van der Waals surface area (Å²) in [5, 5.41) is 0.125. The molecule has 7 heavy (non-hydrogen) atoms. The van der Waals surface area contributed by atoms with Gasteiger partial charge in [0.05, 0.1) is 17.4 Å². The van der Waals surface area contributed by atoms with Gasteiger partial charge in [0, 0.05) is 13.1 Å². The topological polar surface area (TPSA) is 24.1 Å². The molecule has 2 N–H and O–H groups in total. The number of halogens is 1. The minimum atomic E-state index is 0.125. The Bertz CT molecular complexity index is 54.9.